The standard InChI is InChI=1S/C11H13F6O3/c1-8(2,3)20-7(18)19-6-4-5-9(12,13)11(16,17)10(6,14)15/h4-5H2,1-3H3. The molecule has 1 radical (unpaired) electrons. The van der Waals surface area contributed by atoms with E-state index in [0.717, 1.165) is 0 Å². The topological polar surface area (TPSA) is 35.5 Å². The van der Waals surface area contributed by atoms with Gasteiger partial charge in [0.15, 0.2) is 0 Å². The van der Waals surface area contributed by atoms with Gasteiger partial charge in [0.25, 0.3) is 0 Å². The molecule has 0 amide bonds. The molecule has 1 fully saturated rings. The van der Waals surface area contributed by atoms with Crippen molar-refractivity contribution in [1.29, 1.82) is 0 Å². The van der Waals surface area contributed by atoms with Crippen molar-refractivity contribution in [2.45, 2.75) is 57.0 Å². The van der Waals surface area contributed by atoms with E-state index < -0.39 is 48.5 Å². The predicted octanol–water partition coefficient (Wildman–Crippen LogP) is 4.17. The van der Waals surface area contributed by atoms with Crippen LogP contribution in [0, 0.1) is 6.10 Å². The lowest BCUT2D eigenvalue weighted by Gasteiger charge is -2.40. The molecule has 0 heterocycles. The quantitative estimate of drug-likeness (QED) is 0.539. The molecule has 0 N–H and O–H groups in total. The fourth-order valence-corrected chi connectivity index (χ4v) is 1.48. The number of alkyl halides is 6. The second kappa shape index (κ2) is 4.70. The van der Waals surface area contributed by atoms with Crippen molar-refractivity contribution in [3.05, 3.63) is 6.10 Å². The first-order chi connectivity index (χ1) is 8.71. The number of hydrogen-bond donors (Lipinski definition) is 0. The zero-order chi connectivity index (χ0) is 16.0. The van der Waals surface area contributed by atoms with Crippen LogP contribution in [0.5, 0.6) is 0 Å². The number of carbonyl (C=O) groups excluding carboxylic acids is 1. The summed E-state index contributed by atoms with van der Waals surface area (Å²) in [5.74, 6) is -15.8. The highest BCUT2D eigenvalue weighted by molar-refractivity contribution is 5.62. The molecule has 3 nitrogen and oxygen atoms in total. The number of rotatable bonds is 1. The van der Waals surface area contributed by atoms with Crippen LogP contribution in [0.25, 0.3) is 0 Å². The van der Waals surface area contributed by atoms with Gasteiger partial charge in [-0.15, -0.1) is 0 Å². The molecule has 0 bridgehead atoms. The zero-order valence-corrected chi connectivity index (χ0v) is 10.9. The first-order valence-electron chi connectivity index (χ1n) is 5.61. The third kappa shape index (κ3) is 2.95. The van der Waals surface area contributed by atoms with Crippen molar-refractivity contribution >= 4 is 6.16 Å². The van der Waals surface area contributed by atoms with E-state index in [2.05, 4.69) is 9.47 Å². The molecule has 0 aliphatic heterocycles. The van der Waals surface area contributed by atoms with Crippen LogP contribution in [0.3, 0.4) is 0 Å². The van der Waals surface area contributed by atoms with E-state index in [0.29, 0.717) is 0 Å². The monoisotopic (exact) mass is 307 g/mol. The Labute approximate surface area is 111 Å². The molecule has 0 unspecified atom stereocenters. The molecular formula is C11H13F6O3. The van der Waals surface area contributed by atoms with Crippen LogP contribution in [-0.4, -0.2) is 29.5 Å². The van der Waals surface area contributed by atoms with Crippen molar-refractivity contribution in [2.24, 2.45) is 0 Å². The van der Waals surface area contributed by atoms with Gasteiger partial charge in [-0.25, -0.2) is 4.79 Å². The lowest BCUT2D eigenvalue weighted by Crippen LogP contribution is -2.61. The van der Waals surface area contributed by atoms with Crippen molar-refractivity contribution < 1.29 is 40.6 Å². The molecule has 20 heavy (non-hydrogen) atoms. The molecule has 0 aromatic rings. The molecule has 1 saturated carbocycles. The Morgan fingerprint density at radius 3 is 2.05 bits per heavy atom. The molecular weight excluding hydrogens is 294 g/mol. The fourth-order valence-electron chi connectivity index (χ4n) is 1.48. The highest BCUT2D eigenvalue weighted by atomic mass is 19.3. The molecule has 0 spiro atoms. The van der Waals surface area contributed by atoms with Gasteiger partial charge in [-0.05, 0) is 20.8 Å². The second-order valence-corrected chi connectivity index (χ2v) is 5.34. The summed E-state index contributed by atoms with van der Waals surface area (Å²) in [5.41, 5.74) is -1.10. The molecule has 0 atom stereocenters. The van der Waals surface area contributed by atoms with E-state index in [9.17, 15) is 31.1 Å². The van der Waals surface area contributed by atoms with Gasteiger partial charge >= 0.3 is 23.9 Å². The van der Waals surface area contributed by atoms with Crippen molar-refractivity contribution in [3.8, 4) is 0 Å². The largest absolute Gasteiger partial charge is 0.509 e. The van der Waals surface area contributed by atoms with Gasteiger partial charge in [-0.2, -0.15) is 26.3 Å². The van der Waals surface area contributed by atoms with Gasteiger partial charge in [-0.1, -0.05) is 0 Å². The molecule has 1 aliphatic carbocycles. The summed E-state index contributed by atoms with van der Waals surface area (Å²) in [4.78, 5) is 11.2. The van der Waals surface area contributed by atoms with Gasteiger partial charge in [0.05, 0.1) is 0 Å². The van der Waals surface area contributed by atoms with E-state index in [1.807, 2.05) is 0 Å². The van der Waals surface area contributed by atoms with Crippen LogP contribution >= 0.6 is 0 Å². The van der Waals surface area contributed by atoms with E-state index in [-0.39, 0.29) is 0 Å². The van der Waals surface area contributed by atoms with Crippen LogP contribution < -0.4 is 0 Å². The van der Waals surface area contributed by atoms with E-state index in [1.165, 1.54) is 20.8 Å². The zero-order valence-electron chi connectivity index (χ0n) is 10.9. The summed E-state index contributed by atoms with van der Waals surface area (Å²) in [6, 6.07) is 0. The molecule has 0 aromatic heterocycles. The highest BCUT2D eigenvalue weighted by Gasteiger charge is 2.78. The Hall–Kier alpha value is -1.15. The van der Waals surface area contributed by atoms with E-state index >= 15 is 0 Å². The molecule has 0 aromatic carbocycles. The number of ether oxygens (including phenoxy) is 2. The third-order valence-corrected chi connectivity index (χ3v) is 2.47. The normalized spacial score (nSPS) is 25.1. The molecule has 1 rings (SSSR count). The van der Waals surface area contributed by atoms with Crippen LogP contribution in [0.2, 0.25) is 0 Å². The van der Waals surface area contributed by atoms with Crippen molar-refractivity contribution in [1.82, 2.24) is 0 Å². The minimum Gasteiger partial charge on any atom is -0.429 e. The summed E-state index contributed by atoms with van der Waals surface area (Å²) < 4.78 is 87.0. The SMILES string of the molecule is CC(C)(C)OC(=O)O[C]1CCC(F)(F)C(F)(F)C1(F)F. The van der Waals surface area contributed by atoms with Gasteiger partial charge in [0, 0.05) is 12.8 Å². The van der Waals surface area contributed by atoms with Gasteiger partial charge in [0.2, 0.25) is 6.10 Å². The Bertz CT molecular complexity index is 388. The van der Waals surface area contributed by atoms with Gasteiger partial charge < -0.3 is 9.47 Å². The van der Waals surface area contributed by atoms with Crippen molar-refractivity contribution in [2.75, 3.05) is 0 Å². The molecule has 117 valence electrons. The lowest BCUT2D eigenvalue weighted by atomic mass is 9.86. The maximum Gasteiger partial charge on any atom is 0.509 e. The minimum absolute atomic E-state index is 1.10. The lowest BCUT2D eigenvalue weighted by molar-refractivity contribution is -0.332. The summed E-state index contributed by atoms with van der Waals surface area (Å²) in [7, 11) is 0. The fraction of sp³-hybridized carbons (Fsp3) is 0.818. The number of hydrogen-bond acceptors (Lipinski definition) is 3. The predicted molar refractivity (Wildman–Crippen MR) is 54.6 cm³/mol. The van der Waals surface area contributed by atoms with Crippen LogP contribution in [0.4, 0.5) is 31.1 Å². The average Bonchev–Trinajstić information content (AvgIpc) is 2.19. The first kappa shape index (κ1) is 16.9. The Kier molecular flexibility index (Phi) is 3.97. The summed E-state index contributed by atoms with van der Waals surface area (Å²) >= 11 is 0. The second-order valence-electron chi connectivity index (χ2n) is 5.34. The van der Waals surface area contributed by atoms with Crippen LogP contribution in [0.15, 0.2) is 0 Å². The van der Waals surface area contributed by atoms with Crippen molar-refractivity contribution in [3.63, 3.8) is 0 Å². The van der Waals surface area contributed by atoms with Crippen LogP contribution in [0.1, 0.15) is 33.6 Å². The maximum atomic E-state index is 13.3. The Morgan fingerprint density at radius 2 is 1.60 bits per heavy atom. The average molecular weight is 307 g/mol. The summed E-state index contributed by atoms with van der Waals surface area (Å²) in [6.45, 7) is 4.17. The van der Waals surface area contributed by atoms with Crippen LogP contribution in [-0.2, 0) is 9.47 Å². The summed E-state index contributed by atoms with van der Waals surface area (Å²) in [5, 5.41) is 0. The highest BCUT2D eigenvalue weighted by Crippen LogP contribution is 2.57. The van der Waals surface area contributed by atoms with Gasteiger partial charge in [0.1, 0.15) is 5.60 Å². The van der Waals surface area contributed by atoms with E-state index in [4.69, 9.17) is 0 Å². The minimum atomic E-state index is -5.63. The smallest absolute Gasteiger partial charge is 0.429 e. The first-order valence-corrected chi connectivity index (χ1v) is 5.61. The number of halogens is 6. The van der Waals surface area contributed by atoms with Gasteiger partial charge in [-0.3, -0.25) is 0 Å². The Morgan fingerprint density at radius 1 is 1.10 bits per heavy atom. The molecule has 0 saturated heterocycles. The third-order valence-electron chi connectivity index (χ3n) is 2.47. The molecule has 9 heteroatoms. The maximum absolute atomic E-state index is 13.3. The van der Waals surface area contributed by atoms with E-state index in [1.54, 1.807) is 0 Å². The number of carbonyl (C=O) groups is 1. The Balaban J connectivity index is 2.86. The molecule has 1 aliphatic rings. The summed E-state index contributed by atoms with van der Waals surface area (Å²) in [6.07, 6.45) is -6.08.